The van der Waals surface area contributed by atoms with Crippen LogP contribution in [0.15, 0.2) is 30.3 Å². The Morgan fingerprint density at radius 2 is 1.47 bits per heavy atom. The molecule has 13 nitrogen and oxygen atoms in total. The maximum absolute atomic E-state index is 14.2. The van der Waals surface area contributed by atoms with E-state index in [4.69, 9.17) is 14.2 Å². The molecule has 1 aliphatic heterocycles. The van der Waals surface area contributed by atoms with Gasteiger partial charge in [-0.1, -0.05) is 71.4 Å². The fraction of sp³-hybridized carbons (Fsp3) is 0.714. The first-order valence-corrected chi connectivity index (χ1v) is 19.6. The first kappa shape index (κ1) is 47.5. The number of carbonyl (C=O) groups is 6. The van der Waals surface area contributed by atoms with E-state index in [9.17, 15) is 33.9 Å². The molecule has 1 aliphatic rings. The van der Waals surface area contributed by atoms with Crippen LogP contribution in [0.2, 0.25) is 0 Å². The molecular weight excluding hydrogens is 706 g/mol. The zero-order chi connectivity index (χ0) is 41.6. The van der Waals surface area contributed by atoms with Gasteiger partial charge in [-0.25, -0.2) is 0 Å². The van der Waals surface area contributed by atoms with Crippen LogP contribution in [0, 0.1) is 29.6 Å². The minimum Gasteiger partial charge on any atom is -0.481 e. The molecule has 9 atom stereocenters. The first-order valence-electron chi connectivity index (χ1n) is 19.6. The van der Waals surface area contributed by atoms with Gasteiger partial charge >= 0.3 is 11.9 Å². The number of hydrogen-bond donors (Lipinski definition) is 1. The first-order chi connectivity index (χ1) is 25.9. The predicted molar refractivity (Wildman–Crippen MR) is 209 cm³/mol. The summed E-state index contributed by atoms with van der Waals surface area (Å²) in [4.78, 5) is 85.2. The Labute approximate surface area is 328 Å². The average Bonchev–Trinajstić information content (AvgIpc) is 3.62. The summed E-state index contributed by atoms with van der Waals surface area (Å²) >= 11 is 0. The van der Waals surface area contributed by atoms with E-state index in [2.05, 4.69) is 0 Å². The van der Waals surface area contributed by atoms with Crippen molar-refractivity contribution < 1.29 is 48.1 Å². The van der Waals surface area contributed by atoms with Crippen LogP contribution in [0.1, 0.15) is 85.1 Å². The highest BCUT2D eigenvalue weighted by Gasteiger charge is 2.43. The predicted octanol–water partition coefficient (Wildman–Crippen LogP) is 4.53. The Morgan fingerprint density at radius 1 is 0.855 bits per heavy atom. The summed E-state index contributed by atoms with van der Waals surface area (Å²) in [6.07, 6.45) is 0.106. The van der Waals surface area contributed by atoms with Crippen LogP contribution in [0.4, 0.5) is 0 Å². The maximum atomic E-state index is 14.2. The van der Waals surface area contributed by atoms with E-state index in [0.29, 0.717) is 32.2 Å². The van der Waals surface area contributed by atoms with Gasteiger partial charge in [-0.3, -0.25) is 33.7 Å². The zero-order valence-electron chi connectivity index (χ0n) is 35.0. The maximum Gasteiger partial charge on any atom is 0.309 e. The van der Waals surface area contributed by atoms with Crippen molar-refractivity contribution in [1.82, 2.24) is 14.7 Å². The number of ether oxygens (including phenoxy) is 3. The number of esters is 1. The van der Waals surface area contributed by atoms with Crippen molar-refractivity contribution in [2.45, 2.75) is 116 Å². The normalized spacial score (nSPS) is 18.9. The molecular formula is C42H67N3O10. The van der Waals surface area contributed by atoms with Crippen LogP contribution < -0.4 is 0 Å². The summed E-state index contributed by atoms with van der Waals surface area (Å²) in [5.41, 5.74) is 0.917. The molecule has 0 saturated carbocycles. The molecule has 1 aromatic rings. The highest BCUT2D eigenvalue weighted by molar-refractivity contribution is 5.92. The second kappa shape index (κ2) is 22.8. The number of likely N-dealkylation sites (tertiary alicyclic amines) is 1. The van der Waals surface area contributed by atoms with Crippen molar-refractivity contribution in [3.05, 3.63) is 35.9 Å². The molecule has 0 aromatic heterocycles. The Hall–Kier alpha value is -3.68. The van der Waals surface area contributed by atoms with E-state index in [1.54, 1.807) is 37.9 Å². The van der Waals surface area contributed by atoms with Crippen LogP contribution in [0.25, 0.3) is 0 Å². The molecule has 0 unspecified atom stereocenters. The van der Waals surface area contributed by atoms with E-state index in [0.717, 1.165) is 5.56 Å². The molecule has 1 heterocycles. The number of likely N-dealkylation sites (N-methyl/N-ethyl adjacent to an activating group) is 2. The summed E-state index contributed by atoms with van der Waals surface area (Å²) in [6, 6.07) is 7.96. The quantitative estimate of drug-likeness (QED) is 0.147. The molecule has 13 heteroatoms. The molecule has 0 radical (unpaired) electrons. The zero-order valence-corrected chi connectivity index (χ0v) is 35.0. The number of rotatable bonds is 24. The van der Waals surface area contributed by atoms with Crippen LogP contribution in [0.5, 0.6) is 0 Å². The lowest BCUT2D eigenvalue weighted by molar-refractivity contribution is -0.151. The van der Waals surface area contributed by atoms with Gasteiger partial charge in [-0.05, 0) is 50.8 Å². The third-order valence-corrected chi connectivity index (χ3v) is 11.4. The molecule has 1 aromatic carbocycles. The van der Waals surface area contributed by atoms with Gasteiger partial charge in [-0.15, -0.1) is 0 Å². The number of hydrogen-bond acceptors (Lipinski definition) is 10. The van der Waals surface area contributed by atoms with Crippen LogP contribution >= 0.6 is 0 Å². The SMILES string of the molecule is CC[C@H](C)[C@@H]([C@@H](CC(=O)N1CCC[C@H]1[C@H](OC)[C@@H](C)C(=O)C[C@@H](Cc1ccccc1)C(=O)OC)OC)N(C)C(=O)[C@H](CC(=O)O)CC(=O)[C@H](C(C)C)N(C)C. The van der Waals surface area contributed by atoms with Crippen molar-refractivity contribution in [3.63, 3.8) is 0 Å². The number of benzene rings is 1. The van der Waals surface area contributed by atoms with Crippen molar-refractivity contribution in [1.29, 1.82) is 0 Å². The van der Waals surface area contributed by atoms with E-state index in [1.807, 2.05) is 58.0 Å². The van der Waals surface area contributed by atoms with Gasteiger partial charge in [0, 0.05) is 46.6 Å². The van der Waals surface area contributed by atoms with Crippen molar-refractivity contribution in [2.75, 3.05) is 49.0 Å². The van der Waals surface area contributed by atoms with E-state index >= 15 is 0 Å². The number of carbonyl (C=O) groups excluding carboxylic acids is 5. The molecule has 2 amide bonds. The topological polar surface area (TPSA) is 160 Å². The van der Waals surface area contributed by atoms with Gasteiger partial charge in [0.05, 0.1) is 62.1 Å². The summed E-state index contributed by atoms with van der Waals surface area (Å²) in [5.74, 6) is -5.28. The molecule has 0 aliphatic carbocycles. The average molecular weight is 774 g/mol. The standard InChI is InChI=1S/C42H67N3O10/c1-12-27(4)39(44(8)41(51)30(24-37(49)50)22-34(47)38(26(2)3)43(6)7)35(53-9)25-36(48)45-20-16-19-32(45)40(54-10)28(5)33(46)23-31(42(52)55-11)21-29-17-14-13-15-18-29/h13-15,17-18,26-28,30-32,35,38-40H,12,16,19-25H2,1-11H3,(H,49,50)/t27-,28-,30-,31+,32-,35+,38-,39-,40+/m0/s1. The van der Waals surface area contributed by atoms with Crippen molar-refractivity contribution in [3.8, 4) is 0 Å². The van der Waals surface area contributed by atoms with Crippen molar-refractivity contribution in [2.24, 2.45) is 29.6 Å². The molecule has 1 saturated heterocycles. The molecule has 2 rings (SSSR count). The van der Waals surface area contributed by atoms with Gasteiger partial charge in [-0.2, -0.15) is 0 Å². The third-order valence-electron chi connectivity index (χ3n) is 11.4. The second-order valence-electron chi connectivity index (χ2n) is 15.8. The Balaban J connectivity index is 2.30. The van der Waals surface area contributed by atoms with E-state index in [1.165, 1.54) is 26.2 Å². The van der Waals surface area contributed by atoms with E-state index < -0.39 is 72.4 Å². The van der Waals surface area contributed by atoms with Gasteiger partial charge < -0.3 is 29.1 Å². The van der Waals surface area contributed by atoms with Crippen LogP contribution in [0.3, 0.4) is 0 Å². The third kappa shape index (κ3) is 13.2. The van der Waals surface area contributed by atoms with Gasteiger partial charge in [0.2, 0.25) is 11.8 Å². The highest BCUT2D eigenvalue weighted by atomic mass is 16.5. The number of amides is 2. The Bertz CT molecular complexity index is 1410. The monoisotopic (exact) mass is 773 g/mol. The fourth-order valence-corrected chi connectivity index (χ4v) is 8.44. The number of carboxylic acid groups (broad SMARTS) is 1. The van der Waals surface area contributed by atoms with E-state index in [-0.39, 0.29) is 48.6 Å². The molecule has 0 spiro atoms. The smallest absolute Gasteiger partial charge is 0.309 e. The van der Waals surface area contributed by atoms with Crippen LogP contribution in [-0.4, -0.2) is 134 Å². The summed E-state index contributed by atoms with van der Waals surface area (Å²) in [5, 5.41) is 9.76. The van der Waals surface area contributed by atoms with Crippen LogP contribution in [-0.2, 0) is 49.4 Å². The molecule has 310 valence electrons. The number of ketones is 2. The number of methoxy groups -OCH3 is 3. The van der Waals surface area contributed by atoms with Crippen molar-refractivity contribution >= 4 is 35.3 Å². The largest absolute Gasteiger partial charge is 0.481 e. The number of Topliss-reactive ketones (excluding diaryl/α,β-unsaturated/α-hetero) is 2. The summed E-state index contributed by atoms with van der Waals surface area (Å²) < 4.78 is 16.9. The lowest BCUT2D eigenvalue weighted by Crippen LogP contribution is -2.54. The number of nitrogens with zero attached hydrogens (tertiary/aromatic N) is 3. The fourth-order valence-electron chi connectivity index (χ4n) is 8.44. The molecule has 0 bridgehead atoms. The lowest BCUT2D eigenvalue weighted by Gasteiger charge is -2.40. The molecule has 55 heavy (non-hydrogen) atoms. The minimum atomic E-state index is -1.18. The Kier molecular flexibility index (Phi) is 19.7. The highest BCUT2D eigenvalue weighted by Crippen LogP contribution is 2.31. The van der Waals surface area contributed by atoms with Gasteiger partial charge in [0.15, 0.2) is 5.78 Å². The number of carboxylic acids is 1. The lowest BCUT2D eigenvalue weighted by atomic mass is 9.85. The summed E-state index contributed by atoms with van der Waals surface area (Å²) in [7, 11) is 9.48. The summed E-state index contributed by atoms with van der Waals surface area (Å²) in [6.45, 7) is 9.97. The molecule has 1 N–H and O–H groups in total. The van der Waals surface area contributed by atoms with Gasteiger partial charge in [0.25, 0.3) is 0 Å². The minimum absolute atomic E-state index is 0.0340. The Morgan fingerprint density at radius 3 is 1.98 bits per heavy atom. The van der Waals surface area contributed by atoms with Gasteiger partial charge in [0.1, 0.15) is 5.78 Å². The second-order valence-corrected chi connectivity index (χ2v) is 15.8. The molecule has 1 fully saturated rings. The number of aliphatic carboxylic acids is 1.